The molecule has 2 aliphatic heterocycles. The van der Waals surface area contributed by atoms with E-state index in [0.29, 0.717) is 37.0 Å². The summed E-state index contributed by atoms with van der Waals surface area (Å²) in [6.45, 7) is 7.04. The molecule has 3 heterocycles. The summed E-state index contributed by atoms with van der Waals surface area (Å²) in [5.74, 6) is 0.290. The average Bonchev–Trinajstić information content (AvgIpc) is 3.09. The maximum Gasteiger partial charge on any atom is 0.224 e. The van der Waals surface area contributed by atoms with Crippen molar-refractivity contribution in [2.75, 3.05) is 45.9 Å². The minimum absolute atomic E-state index is 0.290. The number of thiophene rings is 1. The standard InChI is InChI=1S/C19H29N3O2S/c23-18(21-8-10-24-11-9-21)1-7-22(14-16-2-12-25-15-16)17-13-19(17)3-5-20-6-4-19/h2,12,15,17,20H,1,3-11,13-14H2/t17-/m1/s1. The summed E-state index contributed by atoms with van der Waals surface area (Å²) >= 11 is 1.76. The Hall–Kier alpha value is -0.950. The molecule has 3 fully saturated rings. The molecule has 1 aliphatic carbocycles. The third-order valence-electron chi connectivity index (χ3n) is 6.13. The van der Waals surface area contributed by atoms with Gasteiger partial charge in [-0.1, -0.05) is 0 Å². The largest absolute Gasteiger partial charge is 0.378 e. The van der Waals surface area contributed by atoms with Gasteiger partial charge in [-0.2, -0.15) is 11.3 Å². The first-order valence-corrected chi connectivity index (χ1v) is 10.5. The minimum Gasteiger partial charge on any atom is -0.378 e. The second-order valence-corrected chi connectivity index (χ2v) is 8.46. The highest BCUT2D eigenvalue weighted by Crippen LogP contribution is 2.56. The second-order valence-electron chi connectivity index (χ2n) is 7.68. The Morgan fingerprint density at radius 2 is 2.16 bits per heavy atom. The van der Waals surface area contributed by atoms with Gasteiger partial charge < -0.3 is 15.0 Å². The number of nitrogens with one attached hydrogen (secondary N) is 1. The van der Waals surface area contributed by atoms with Crippen LogP contribution in [0.5, 0.6) is 0 Å². The Balaban J connectivity index is 1.36. The highest BCUT2D eigenvalue weighted by molar-refractivity contribution is 7.07. The van der Waals surface area contributed by atoms with Crippen LogP contribution in [0.3, 0.4) is 0 Å². The zero-order valence-electron chi connectivity index (χ0n) is 14.9. The smallest absolute Gasteiger partial charge is 0.224 e. The number of rotatable bonds is 6. The average molecular weight is 364 g/mol. The van der Waals surface area contributed by atoms with Crippen molar-refractivity contribution in [3.8, 4) is 0 Å². The van der Waals surface area contributed by atoms with Crippen LogP contribution in [0.1, 0.15) is 31.2 Å². The lowest BCUT2D eigenvalue weighted by Gasteiger charge is -2.31. The van der Waals surface area contributed by atoms with Crippen molar-refractivity contribution in [3.63, 3.8) is 0 Å². The number of hydrogen-bond acceptors (Lipinski definition) is 5. The van der Waals surface area contributed by atoms with Crippen LogP contribution < -0.4 is 5.32 Å². The molecular formula is C19H29N3O2S. The number of ether oxygens (including phenoxy) is 1. The SMILES string of the molecule is O=C(CCN(Cc1ccsc1)[C@@H]1CC12CCNCC2)N1CCOCC1. The fourth-order valence-electron chi connectivity index (χ4n) is 4.48. The van der Waals surface area contributed by atoms with Crippen molar-refractivity contribution >= 4 is 17.2 Å². The number of hydrogen-bond donors (Lipinski definition) is 1. The van der Waals surface area contributed by atoms with E-state index in [1.807, 2.05) is 4.90 Å². The van der Waals surface area contributed by atoms with Gasteiger partial charge in [-0.15, -0.1) is 0 Å². The zero-order valence-corrected chi connectivity index (χ0v) is 15.7. The molecule has 2 saturated heterocycles. The summed E-state index contributed by atoms with van der Waals surface area (Å²) < 4.78 is 5.36. The summed E-state index contributed by atoms with van der Waals surface area (Å²) in [7, 11) is 0. The predicted molar refractivity (Wildman–Crippen MR) is 99.7 cm³/mol. The van der Waals surface area contributed by atoms with E-state index in [1.54, 1.807) is 11.3 Å². The maximum atomic E-state index is 12.6. The van der Waals surface area contributed by atoms with E-state index in [4.69, 9.17) is 4.74 Å². The Bertz CT molecular complexity index is 565. The van der Waals surface area contributed by atoms with Crippen LogP contribution in [0.4, 0.5) is 0 Å². The fraction of sp³-hybridized carbons (Fsp3) is 0.737. The molecule has 6 heteroatoms. The molecule has 1 amide bonds. The van der Waals surface area contributed by atoms with Gasteiger partial charge >= 0.3 is 0 Å². The number of piperidine rings is 1. The molecule has 5 nitrogen and oxygen atoms in total. The van der Waals surface area contributed by atoms with Crippen molar-refractivity contribution in [2.45, 2.75) is 38.3 Å². The van der Waals surface area contributed by atoms with E-state index in [-0.39, 0.29) is 0 Å². The fourth-order valence-corrected chi connectivity index (χ4v) is 5.14. The minimum atomic E-state index is 0.290. The number of carbonyl (C=O) groups is 1. The molecule has 0 radical (unpaired) electrons. The van der Waals surface area contributed by atoms with Crippen LogP contribution in [-0.4, -0.2) is 67.7 Å². The normalized spacial score (nSPS) is 25.5. The molecule has 1 aromatic heterocycles. The van der Waals surface area contributed by atoms with Gasteiger partial charge in [0, 0.05) is 38.6 Å². The number of morpholine rings is 1. The van der Waals surface area contributed by atoms with Gasteiger partial charge in [0.25, 0.3) is 0 Å². The molecule has 0 unspecified atom stereocenters. The third-order valence-corrected chi connectivity index (χ3v) is 6.86. The van der Waals surface area contributed by atoms with Gasteiger partial charge in [0.1, 0.15) is 0 Å². The summed E-state index contributed by atoms with van der Waals surface area (Å²) in [6.07, 6.45) is 4.52. The van der Waals surface area contributed by atoms with E-state index in [2.05, 4.69) is 27.0 Å². The molecule has 1 aromatic rings. The first kappa shape index (κ1) is 17.5. The zero-order chi connectivity index (χ0) is 17.1. The van der Waals surface area contributed by atoms with Gasteiger partial charge in [-0.25, -0.2) is 0 Å². The molecule has 3 aliphatic rings. The topological polar surface area (TPSA) is 44.8 Å². The molecule has 0 bridgehead atoms. The van der Waals surface area contributed by atoms with Crippen LogP contribution >= 0.6 is 11.3 Å². The Labute approximate surface area is 154 Å². The van der Waals surface area contributed by atoms with Crippen molar-refractivity contribution in [2.24, 2.45) is 5.41 Å². The summed E-state index contributed by atoms with van der Waals surface area (Å²) in [6, 6.07) is 2.88. The van der Waals surface area contributed by atoms with Crippen molar-refractivity contribution < 1.29 is 9.53 Å². The summed E-state index contributed by atoms with van der Waals surface area (Å²) in [5, 5.41) is 7.89. The van der Waals surface area contributed by atoms with E-state index < -0.39 is 0 Å². The molecule has 1 N–H and O–H groups in total. The lowest BCUT2D eigenvalue weighted by atomic mass is 9.93. The van der Waals surface area contributed by atoms with E-state index >= 15 is 0 Å². The Kier molecular flexibility index (Phi) is 5.41. The van der Waals surface area contributed by atoms with Crippen LogP contribution in [-0.2, 0) is 16.1 Å². The number of carbonyl (C=O) groups excluding carboxylic acids is 1. The van der Waals surface area contributed by atoms with Crippen LogP contribution in [0.25, 0.3) is 0 Å². The molecule has 4 rings (SSSR count). The van der Waals surface area contributed by atoms with Gasteiger partial charge in [0.15, 0.2) is 0 Å². The first-order valence-electron chi connectivity index (χ1n) is 9.58. The Morgan fingerprint density at radius 1 is 1.36 bits per heavy atom. The van der Waals surface area contributed by atoms with Gasteiger partial charge in [-0.05, 0) is 60.2 Å². The van der Waals surface area contributed by atoms with Crippen LogP contribution in [0.2, 0.25) is 0 Å². The van der Waals surface area contributed by atoms with Gasteiger partial charge in [0.05, 0.1) is 13.2 Å². The second kappa shape index (κ2) is 7.74. The third kappa shape index (κ3) is 4.08. The summed E-state index contributed by atoms with van der Waals surface area (Å²) in [5.41, 5.74) is 1.91. The number of amides is 1. The maximum absolute atomic E-state index is 12.6. The van der Waals surface area contributed by atoms with Gasteiger partial charge in [0.2, 0.25) is 5.91 Å². The molecule has 138 valence electrons. The summed E-state index contributed by atoms with van der Waals surface area (Å²) in [4.78, 5) is 17.1. The van der Waals surface area contributed by atoms with Crippen LogP contribution in [0, 0.1) is 5.41 Å². The highest BCUT2D eigenvalue weighted by atomic mass is 32.1. The lowest BCUT2D eigenvalue weighted by molar-refractivity contribution is -0.135. The van der Waals surface area contributed by atoms with Crippen molar-refractivity contribution in [1.82, 2.24) is 15.1 Å². The molecule has 1 spiro atoms. The van der Waals surface area contributed by atoms with E-state index in [9.17, 15) is 4.79 Å². The quantitative estimate of drug-likeness (QED) is 0.839. The van der Waals surface area contributed by atoms with Gasteiger partial charge in [-0.3, -0.25) is 9.69 Å². The lowest BCUT2D eigenvalue weighted by Crippen LogP contribution is -2.42. The molecular weight excluding hydrogens is 334 g/mol. The van der Waals surface area contributed by atoms with E-state index in [0.717, 1.165) is 39.3 Å². The van der Waals surface area contributed by atoms with Crippen molar-refractivity contribution in [3.05, 3.63) is 22.4 Å². The molecule has 0 aromatic carbocycles. The monoisotopic (exact) mass is 363 g/mol. The number of nitrogens with zero attached hydrogens (tertiary/aromatic N) is 2. The molecule has 1 saturated carbocycles. The predicted octanol–water partition coefficient (Wildman–Crippen LogP) is 1.94. The molecule has 25 heavy (non-hydrogen) atoms. The van der Waals surface area contributed by atoms with E-state index in [1.165, 1.54) is 24.8 Å². The first-order chi connectivity index (χ1) is 12.3. The van der Waals surface area contributed by atoms with Crippen molar-refractivity contribution in [1.29, 1.82) is 0 Å². The Morgan fingerprint density at radius 3 is 2.88 bits per heavy atom. The van der Waals surface area contributed by atoms with Crippen LogP contribution in [0.15, 0.2) is 16.8 Å². The molecule has 1 atom stereocenters. The highest BCUT2D eigenvalue weighted by Gasteiger charge is 2.56.